The fraction of sp³-hybridized carbons (Fsp3) is 0.600. The Kier molecular flexibility index (Phi) is 6.60. The summed E-state index contributed by atoms with van der Waals surface area (Å²) in [6.45, 7) is 7.39. The molecule has 1 aliphatic rings. The first-order valence-corrected chi connectivity index (χ1v) is 11.9. The van der Waals surface area contributed by atoms with Crippen LogP contribution in [0.3, 0.4) is 0 Å². The van der Waals surface area contributed by atoms with E-state index in [-0.39, 0.29) is 12.0 Å². The molecule has 160 valence electrons. The Morgan fingerprint density at radius 1 is 1.10 bits per heavy atom. The Hall–Kier alpha value is -1.97. The van der Waals surface area contributed by atoms with Crippen molar-refractivity contribution < 1.29 is 8.42 Å². The van der Waals surface area contributed by atoms with Crippen LogP contribution < -0.4 is 9.62 Å². The average molecular weight is 421 g/mol. The third-order valence-corrected chi connectivity index (χ3v) is 5.97. The molecule has 0 bridgehead atoms. The molecule has 0 amide bonds. The van der Waals surface area contributed by atoms with Crippen LogP contribution in [0.15, 0.2) is 24.3 Å². The van der Waals surface area contributed by atoms with Crippen LogP contribution in [-0.4, -0.2) is 61.5 Å². The lowest BCUT2D eigenvalue weighted by molar-refractivity contribution is 0.269. The lowest BCUT2D eigenvalue weighted by Gasteiger charge is -2.23. The molecule has 2 heterocycles. The average Bonchev–Trinajstić information content (AvgIpc) is 2.93. The van der Waals surface area contributed by atoms with Gasteiger partial charge in [-0.3, -0.25) is 4.90 Å². The van der Waals surface area contributed by atoms with Gasteiger partial charge in [-0.25, -0.2) is 13.1 Å². The maximum atomic E-state index is 11.8. The molecule has 0 saturated heterocycles. The van der Waals surface area contributed by atoms with Crippen molar-refractivity contribution >= 4 is 15.7 Å². The van der Waals surface area contributed by atoms with Crippen LogP contribution in [0.5, 0.6) is 0 Å². The lowest BCUT2D eigenvalue weighted by atomic mass is 10.1. The predicted molar refractivity (Wildman–Crippen MR) is 115 cm³/mol. The summed E-state index contributed by atoms with van der Waals surface area (Å²) in [6.07, 6.45) is 1.98. The highest BCUT2D eigenvalue weighted by Crippen LogP contribution is 2.23. The number of hydrogen-bond acceptors (Lipinski definition) is 6. The van der Waals surface area contributed by atoms with Crippen LogP contribution in [0.2, 0.25) is 0 Å². The van der Waals surface area contributed by atoms with E-state index >= 15 is 0 Å². The second-order valence-electron chi connectivity index (χ2n) is 8.32. The van der Waals surface area contributed by atoms with Gasteiger partial charge in [0, 0.05) is 52.4 Å². The molecule has 0 aliphatic carbocycles. The zero-order chi connectivity index (χ0) is 21.2. The number of fused-ring (bicyclic) bond motifs is 1. The Labute approximate surface area is 174 Å². The van der Waals surface area contributed by atoms with Crippen molar-refractivity contribution in [1.29, 1.82) is 0 Å². The van der Waals surface area contributed by atoms with E-state index in [2.05, 4.69) is 53.6 Å². The molecular weight excluding hydrogens is 388 g/mol. The van der Waals surface area contributed by atoms with Gasteiger partial charge in [0.05, 0.1) is 12.3 Å². The quantitative estimate of drug-likeness (QED) is 0.733. The minimum absolute atomic E-state index is 0.0765. The molecule has 8 nitrogen and oxygen atoms in total. The van der Waals surface area contributed by atoms with E-state index in [0.717, 1.165) is 38.4 Å². The molecule has 1 aliphatic heterocycles. The molecule has 2 aromatic rings. The maximum absolute atomic E-state index is 11.8. The standard InChI is InChI=1S/C20H32N6O2S/c1-15(2)19(23-29(5,27)28)20-22-21-18-10-11-25(12-13-26(18)20)14-16-6-8-17(9-7-16)24(3)4/h6-9,15,19,23H,10-14H2,1-5H3. The van der Waals surface area contributed by atoms with Crippen molar-refractivity contribution in [2.24, 2.45) is 5.92 Å². The number of rotatable bonds is 7. The first-order valence-electron chi connectivity index (χ1n) is 10.0. The van der Waals surface area contributed by atoms with E-state index < -0.39 is 10.0 Å². The number of sulfonamides is 1. The monoisotopic (exact) mass is 420 g/mol. The van der Waals surface area contributed by atoms with Gasteiger partial charge in [-0.05, 0) is 23.6 Å². The van der Waals surface area contributed by atoms with E-state index in [0.29, 0.717) is 5.82 Å². The summed E-state index contributed by atoms with van der Waals surface area (Å²) >= 11 is 0. The zero-order valence-corrected chi connectivity index (χ0v) is 18.8. The normalized spacial score (nSPS) is 16.5. The fourth-order valence-corrected chi connectivity index (χ4v) is 4.49. The number of nitrogens with zero attached hydrogens (tertiary/aromatic N) is 5. The summed E-state index contributed by atoms with van der Waals surface area (Å²) in [5.74, 6) is 1.71. The molecule has 3 rings (SSSR count). The van der Waals surface area contributed by atoms with Gasteiger partial charge in [-0.2, -0.15) is 0 Å². The molecule has 1 aromatic carbocycles. The van der Waals surface area contributed by atoms with Gasteiger partial charge in [0.2, 0.25) is 10.0 Å². The van der Waals surface area contributed by atoms with Crippen LogP contribution in [0.25, 0.3) is 0 Å². The summed E-state index contributed by atoms with van der Waals surface area (Å²) in [5.41, 5.74) is 2.48. The van der Waals surface area contributed by atoms with E-state index in [1.54, 1.807) is 0 Å². The number of aromatic nitrogens is 3. The number of anilines is 1. The highest BCUT2D eigenvalue weighted by molar-refractivity contribution is 7.88. The highest BCUT2D eigenvalue weighted by Gasteiger charge is 2.28. The van der Waals surface area contributed by atoms with Gasteiger partial charge in [0.25, 0.3) is 0 Å². The van der Waals surface area contributed by atoms with E-state index in [9.17, 15) is 8.42 Å². The van der Waals surface area contributed by atoms with Gasteiger partial charge in [0.1, 0.15) is 5.82 Å². The maximum Gasteiger partial charge on any atom is 0.209 e. The van der Waals surface area contributed by atoms with Crippen molar-refractivity contribution in [1.82, 2.24) is 24.4 Å². The summed E-state index contributed by atoms with van der Waals surface area (Å²) in [7, 11) is 0.747. The van der Waals surface area contributed by atoms with Crippen LogP contribution in [0.4, 0.5) is 5.69 Å². The molecule has 0 radical (unpaired) electrons. The van der Waals surface area contributed by atoms with Crippen LogP contribution >= 0.6 is 0 Å². The Bertz CT molecular complexity index is 921. The first-order chi connectivity index (χ1) is 13.6. The number of nitrogens with one attached hydrogen (secondary N) is 1. The van der Waals surface area contributed by atoms with Crippen molar-refractivity contribution in [3.63, 3.8) is 0 Å². The molecule has 9 heteroatoms. The van der Waals surface area contributed by atoms with Crippen LogP contribution in [0, 0.1) is 5.92 Å². The van der Waals surface area contributed by atoms with Gasteiger partial charge in [-0.1, -0.05) is 26.0 Å². The molecule has 1 N–H and O–H groups in total. The topological polar surface area (TPSA) is 83.4 Å². The molecule has 0 spiro atoms. The van der Waals surface area contributed by atoms with Crippen molar-refractivity contribution in [3.8, 4) is 0 Å². The van der Waals surface area contributed by atoms with Crippen LogP contribution in [0.1, 0.15) is 37.1 Å². The molecule has 0 saturated carbocycles. The Morgan fingerprint density at radius 2 is 1.79 bits per heavy atom. The molecule has 29 heavy (non-hydrogen) atoms. The third-order valence-electron chi connectivity index (χ3n) is 5.29. The fourth-order valence-electron chi connectivity index (χ4n) is 3.65. The smallest absolute Gasteiger partial charge is 0.209 e. The molecule has 1 aromatic heterocycles. The number of benzene rings is 1. The zero-order valence-electron chi connectivity index (χ0n) is 18.0. The second kappa shape index (κ2) is 8.81. The van der Waals surface area contributed by atoms with Crippen molar-refractivity contribution in [2.75, 3.05) is 38.3 Å². The van der Waals surface area contributed by atoms with E-state index in [1.807, 2.05) is 27.9 Å². The molecule has 0 fully saturated rings. The lowest BCUT2D eigenvalue weighted by Crippen LogP contribution is -2.33. The van der Waals surface area contributed by atoms with Gasteiger partial charge in [-0.15, -0.1) is 10.2 Å². The van der Waals surface area contributed by atoms with Crippen LogP contribution in [-0.2, 0) is 29.5 Å². The summed E-state index contributed by atoms with van der Waals surface area (Å²) in [6, 6.07) is 8.26. The SMILES string of the molecule is CC(C)C(NS(C)(=O)=O)c1nnc2n1CCN(Cc1ccc(N(C)C)cc1)CC2. The Morgan fingerprint density at radius 3 is 2.38 bits per heavy atom. The molecule has 1 atom stereocenters. The second-order valence-corrected chi connectivity index (χ2v) is 10.1. The number of hydrogen-bond donors (Lipinski definition) is 1. The summed E-state index contributed by atoms with van der Waals surface area (Å²) < 4.78 is 28.5. The van der Waals surface area contributed by atoms with Crippen molar-refractivity contribution in [2.45, 2.75) is 39.4 Å². The highest BCUT2D eigenvalue weighted by atomic mass is 32.2. The summed E-state index contributed by atoms with van der Waals surface area (Å²) in [4.78, 5) is 4.51. The van der Waals surface area contributed by atoms with Gasteiger partial charge < -0.3 is 9.47 Å². The van der Waals surface area contributed by atoms with E-state index in [1.165, 1.54) is 17.5 Å². The van der Waals surface area contributed by atoms with Gasteiger partial charge >= 0.3 is 0 Å². The largest absolute Gasteiger partial charge is 0.378 e. The van der Waals surface area contributed by atoms with E-state index in [4.69, 9.17) is 0 Å². The molecule has 1 unspecified atom stereocenters. The minimum atomic E-state index is -3.34. The van der Waals surface area contributed by atoms with Crippen molar-refractivity contribution in [3.05, 3.63) is 41.5 Å². The Balaban J connectivity index is 1.72. The predicted octanol–water partition coefficient (Wildman–Crippen LogP) is 1.65. The first kappa shape index (κ1) is 21.7. The minimum Gasteiger partial charge on any atom is -0.378 e. The third kappa shape index (κ3) is 5.55. The summed E-state index contributed by atoms with van der Waals surface area (Å²) in [5, 5.41) is 8.71. The van der Waals surface area contributed by atoms with Gasteiger partial charge in [0.15, 0.2) is 5.82 Å². The molecular formula is C20H32N6O2S.